The van der Waals surface area contributed by atoms with Crippen LogP contribution in [0.3, 0.4) is 0 Å². The van der Waals surface area contributed by atoms with Gasteiger partial charge in [0.25, 0.3) is 5.91 Å². The van der Waals surface area contributed by atoms with E-state index >= 15 is 0 Å². The molecule has 2 amide bonds. The van der Waals surface area contributed by atoms with Crippen LogP contribution in [0, 0.1) is 34.6 Å². The molecular weight excluding hydrogens is 358 g/mol. The Kier molecular flexibility index (Phi) is 5.28. The minimum absolute atomic E-state index is 0.0780. The van der Waals surface area contributed by atoms with Crippen LogP contribution >= 0.6 is 11.3 Å². The predicted molar refractivity (Wildman–Crippen MR) is 111 cm³/mol. The summed E-state index contributed by atoms with van der Waals surface area (Å²) in [5.41, 5.74) is 5.85. The number of pyridine rings is 1. The number of nitrogens with one attached hydrogen (secondary N) is 2. The van der Waals surface area contributed by atoms with Crippen LogP contribution in [0.1, 0.15) is 37.6 Å². The number of rotatable bonds is 4. The summed E-state index contributed by atoms with van der Waals surface area (Å²) < 4.78 is 0. The number of carbonyl (C=O) groups excluding carboxylic acids is 2. The van der Waals surface area contributed by atoms with E-state index < -0.39 is 0 Å². The number of nitrogens with zero attached hydrogens (tertiary/aromatic N) is 1. The molecule has 0 aliphatic rings. The Morgan fingerprint density at radius 1 is 1.04 bits per heavy atom. The highest BCUT2D eigenvalue weighted by Crippen LogP contribution is 2.32. The fraction of sp³-hybridized carbons (Fsp3) is 0.286. The zero-order valence-electron chi connectivity index (χ0n) is 16.2. The number of amides is 2. The summed E-state index contributed by atoms with van der Waals surface area (Å²) in [6.07, 6.45) is 0. The van der Waals surface area contributed by atoms with Gasteiger partial charge in [-0.05, 0) is 69.0 Å². The molecule has 0 aliphatic carbocycles. The van der Waals surface area contributed by atoms with Gasteiger partial charge in [0.05, 0.1) is 11.4 Å². The van der Waals surface area contributed by atoms with Gasteiger partial charge in [-0.15, -0.1) is 11.3 Å². The lowest BCUT2D eigenvalue weighted by atomic mass is 10.1. The van der Waals surface area contributed by atoms with Crippen molar-refractivity contribution < 1.29 is 9.59 Å². The van der Waals surface area contributed by atoms with E-state index in [1.54, 1.807) is 0 Å². The molecule has 0 unspecified atom stereocenters. The topological polar surface area (TPSA) is 71.1 Å². The minimum atomic E-state index is -0.249. The third-order valence-corrected chi connectivity index (χ3v) is 5.90. The molecule has 2 N–H and O–H groups in total. The van der Waals surface area contributed by atoms with Gasteiger partial charge in [0.15, 0.2) is 0 Å². The highest BCUT2D eigenvalue weighted by molar-refractivity contribution is 7.20. The van der Waals surface area contributed by atoms with Crippen molar-refractivity contribution in [2.45, 2.75) is 34.6 Å². The van der Waals surface area contributed by atoms with Crippen LogP contribution in [0.25, 0.3) is 10.2 Å². The average Bonchev–Trinajstić information content (AvgIpc) is 2.93. The molecule has 27 heavy (non-hydrogen) atoms. The van der Waals surface area contributed by atoms with E-state index in [-0.39, 0.29) is 18.4 Å². The van der Waals surface area contributed by atoms with E-state index in [4.69, 9.17) is 0 Å². The lowest BCUT2D eigenvalue weighted by Crippen LogP contribution is -2.32. The van der Waals surface area contributed by atoms with Crippen LogP contribution in [-0.2, 0) is 4.79 Å². The van der Waals surface area contributed by atoms with Gasteiger partial charge in [-0.3, -0.25) is 9.59 Å². The second kappa shape index (κ2) is 7.48. The van der Waals surface area contributed by atoms with Crippen molar-refractivity contribution in [2.75, 3.05) is 11.9 Å². The van der Waals surface area contributed by atoms with E-state index in [9.17, 15) is 9.59 Å². The van der Waals surface area contributed by atoms with Crippen molar-refractivity contribution in [1.82, 2.24) is 10.3 Å². The molecule has 0 aliphatic heterocycles. The first-order chi connectivity index (χ1) is 12.8. The van der Waals surface area contributed by atoms with E-state index in [0.717, 1.165) is 43.9 Å². The monoisotopic (exact) mass is 381 g/mol. The number of benzene rings is 1. The molecule has 3 rings (SSSR count). The number of fused-ring (bicyclic) bond motifs is 1. The summed E-state index contributed by atoms with van der Waals surface area (Å²) in [7, 11) is 0. The molecule has 6 heteroatoms. The molecule has 2 aromatic heterocycles. The molecule has 140 valence electrons. The minimum Gasteiger partial charge on any atom is -0.342 e. The second-order valence-corrected chi connectivity index (χ2v) is 7.79. The van der Waals surface area contributed by atoms with Gasteiger partial charge in [0.1, 0.15) is 4.83 Å². The molecule has 0 atom stereocenters. The van der Waals surface area contributed by atoms with Gasteiger partial charge in [-0.25, -0.2) is 4.98 Å². The zero-order valence-corrected chi connectivity index (χ0v) is 17.0. The summed E-state index contributed by atoms with van der Waals surface area (Å²) in [6, 6.07) is 7.76. The van der Waals surface area contributed by atoms with E-state index in [1.807, 2.05) is 58.9 Å². The summed E-state index contributed by atoms with van der Waals surface area (Å²) in [5.74, 6) is -0.496. The van der Waals surface area contributed by atoms with E-state index in [1.165, 1.54) is 11.3 Å². The van der Waals surface area contributed by atoms with Crippen LogP contribution in [0.2, 0.25) is 0 Å². The van der Waals surface area contributed by atoms with Crippen LogP contribution in [0.4, 0.5) is 5.69 Å². The Bertz CT molecular complexity index is 1050. The number of aromatic nitrogens is 1. The number of thiophene rings is 1. The van der Waals surface area contributed by atoms with Gasteiger partial charge >= 0.3 is 0 Å². The fourth-order valence-corrected chi connectivity index (χ4v) is 4.38. The molecule has 0 radical (unpaired) electrons. The van der Waals surface area contributed by atoms with Crippen molar-refractivity contribution in [3.63, 3.8) is 0 Å². The first kappa shape index (κ1) is 19.0. The Balaban J connectivity index is 1.72. The maximum Gasteiger partial charge on any atom is 0.262 e. The average molecular weight is 382 g/mol. The smallest absolute Gasteiger partial charge is 0.262 e. The van der Waals surface area contributed by atoms with Gasteiger partial charge in [0.2, 0.25) is 5.91 Å². The molecule has 1 aromatic carbocycles. The van der Waals surface area contributed by atoms with Gasteiger partial charge in [-0.1, -0.05) is 12.1 Å². The molecule has 3 aromatic rings. The molecule has 0 saturated heterocycles. The lowest BCUT2D eigenvalue weighted by Gasteiger charge is -2.10. The normalized spacial score (nSPS) is 10.9. The van der Waals surface area contributed by atoms with Crippen molar-refractivity contribution in [3.05, 3.63) is 57.1 Å². The van der Waals surface area contributed by atoms with Crippen LogP contribution in [-0.4, -0.2) is 23.3 Å². The molecule has 2 heterocycles. The highest BCUT2D eigenvalue weighted by Gasteiger charge is 2.18. The lowest BCUT2D eigenvalue weighted by molar-refractivity contribution is -0.115. The largest absolute Gasteiger partial charge is 0.342 e. The van der Waals surface area contributed by atoms with Crippen LogP contribution in [0.15, 0.2) is 24.3 Å². The summed E-state index contributed by atoms with van der Waals surface area (Å²) in [5, 5.41) is 6.60. The molecule has 0 saturated carbocycles. The van der Waals surface area contributed by atoms with Gasteiger partial charge in [-0.2, -0.15) is 0 Å². The van der Waals surface area contributed by atoms with Crippen LogP contribution < -0.4 is 10.6 Å². The molecule has 0 spiro atoms. The fourth-order valence-electron chi connectivity index (χ4n) is 3.16. The van der Waals surface area contributed by atoms with Crippen molar-refractivity contribution in [2.24, 2.45) is 0 Å². The molecular formula is C21H23N3O2S. The first-order valence-corrected chi connectivity index (χ1v) is 9.61. The third kappa shape index (κ3) is 3.85. The van der Waals surface area contributed by atoms with Crippen LogP contribution in [0.5, 0.6) is 0 Å². The van der Waals surface area contributed by atoms with Gasteiger partial charge < -0.3 is 10.6 Å². The Morgan fingerprint density at radius 3 is 2.52 bits per heavy atom. The maximum atomic E-state index is 12.6. The molecule has 0 fully saturated rings. The number of carbonyl (C=O) groups is 2. The Hall–Kier alpha value is -2.73. The standard InChI is InChI=1S/C21H23N3O2S/c1-11-7-6-8-16(14(11)4)24-17(25)10-22-20(26)19-15(5)18-12(2)9-13(3)23-21(18)27-19/h6-9H,10H2,1-5H3,(H,22,26)(H,24,25). The number of hydrogen-bond donors (Lipinski definition) is 2. The second-order valence-electron chi connectivity index (χ2n) is 6.80. The Labute approximate surface area is 162 Å². The van der Waals surface area contributed by atoms with Crippen molar-refractivity contribution in [1.29, 1.82) is 0 Å². The third-order valence-electron chi connectivity index (χ3n) is 4.72. The van der Waals surface area contributed by atoms with E-state index in [0.29, 0.717) is 4.88 Å². The van der Waals surface area contributed by atoms with E-state index in [2.05, 4.69) is 15.6 Å². The predicted octanol–water partition coefficient (Wildman–Crippen LogP) is 4.21. The number of aryl methyl sites for hydroxylation is 4. The highest BCUT2D eigenvalue weighted by atomic mass is 32.1. The zero-order chi connectivity index (χ0) is 19.7. The van der Waals surface area contributed by atoms with Crippen molar-refractivity contribution >= 4 is 39.1 Å². The molecule has 0 bridgehead atoms. The van der Waals surface area contributed by atoms with Crippen molar-refractivity contribution in [3.8, 4) is 0 Å². The maximum absolute atomic E-state index is 12.6. The summed E-state index contributed by atoms with van der Waals surface area (Å²) >= 11 is 1.37. The summed E-state index contributed by atoms with van der Waals surface area (Å²) in [6.45, 7) is 9.77. The molecule has 5 nitrogen and oxygen atoms in total. The van der Waals surface area contributed by atoms with Gasteiger partial charge in [0, 0.05) is 16.8 Å². The quantitative estimate of drug-likeness (QED) is 0.711. The summed E-state index contributed by atoms with van der Waals surface area (Å²) in [4.78, 5) is 30.8. The SMILES string of the molecule is Cc1cc(C)c2c(C)c(C(=O)NCC(=O)Nc3cccc(C)c3C)sc2n1. The Morgan fingerprint density at radius 2 is 1.78 bits per heavy atom. The number of anilines is 1. The number of hydrogen-bond acceptors (Lipinski definition) is 4. The first-order valence-electron chi connectivity index (χ1n) is 8.79.